The number of hydrogen-bond donors (Lipinski definition) is 0. The van der Waals surface area contributed by atoms with E-state index in [1.54, 1.807) is 0 Å². The summed E-state index contributed by atoms with van der Waals surface area (Å²) in [6, 6.07) is 0. The van der Waals surface area contributed by atoms with Gasteiger partial charge < -0.3 is 4.74 Å². The van der Waals surface area contributed by atoms with Crippen LogP contribution in [0.4, 0.5) is 0 Å². The molecule has 11 heavy (non-hydrogen) atoms. The van der Waals surface area contributed by atoms with Gasteiger partial charge in [0, 0.05) is 0 Å². The molecule has 0 amide bonds. The van der Waals surface area contributed by atoms with E-state index >= 15 is 0 Å². The van der Waals surface area contributed by atoms with Gasteiger partial charge in [-0.25, -0.2) is 0 Å². The molecule has 0 aromatic rings. The van der Waals surface area contributed by atoms with Gasteiger partial charge in [-0.1, -0.05) is 19.8 Å². The van der Waals surface area contributed by atoms with E-state index in [2.05, 4.69) is 6.92 Å². The van der Waals surface area contributed by atoms with Crippen LogP contribution in [0.25, 0.3) is 0 Å². The molecular weight excluding hydrogens is 140 g/mol. The Morgan fingerprint density at radius 2 is 2.00 bits per heavy atom. The second kappa shape index (κ2) is 3.74. The summed E-state index contributed by atoms with van der Waals surface area (Å²) in [4.78, 5) is 11.2. The maximum atomic E-state index is 11.2. The second-order valence-electron chi connectivity index (χ2n) is 3.39. The Morgan fingerprint density at radius 1 is 1.36 bits per heavy atom. The molecule has 0 heterocycles. The first-order chi connectivity index (χ1) is 5.25. The van der Waals surface area contributed by atoms with E-state index in [4.69, 9.17) is 4.74 Å². The van der Waals surface area contributed by atoms with Crippen LogP contribution in [0.3, 0.4) is 0 Å². The predicted molar refractivity (Wildman–Crippen MR) is 43.1 cm³/mol. The first-order valence-electron chi connectivity index (χ1n) is 4.33. The number of esters is 1. The van der Waals surface area contributed by atoms with E-state index < -0.39 is 0 Å². The molecular formula is C9H16O2. The smallest absolute Gasteiger partial charge is 0.308 e. The van der Waals surface area contributed by atoms with Gasteiger partial charge in [0.25, 0.3) is 0 Å². The lowest BCUT2D eigenvalue weighted by atomic mass is 9.80. The third-order valence-corrected chi connectivity index (χ3v) is 2.62. The minimum atomic E-state index is -0.0165. The van der Waals surface area contributed by atoms with Crippen LogP contribution in [-0.4, -0.2) is 13.1 Å². The van der Waals surface area contributed by atoms with E-state index in [1.165, 1.54) is 26.4 Å². The number of carbonyl (C=O) groups excluding carboxylic acids is 1. The fourth-order valence-corrected chi connectivity index (χ4v) is 1.82. The van der Waals surface area contributed by atoms with Gasteiger partial charge in [0.1, 0.15) is 0 Å². The molecule has 0 aromatic heterocycles. The van der Waals surface area contributed by atoms with Crippen molar-refractivity contribution in [3.05, 3.63) is 0 Å². The standard InChI is InChI=1S/C9H16O2/c1-7-5-3-4-6-8(7)9(10)11-2/h7-8H,3-6H2,1-2H3/t7-,8?/m0/s1. The molecule has 0 aliphatic heterocycles. The summed E-state index contributed by atoms with van der Waals surface area (Å²) in [6.07, 6.45) is 4.66. The van der Waals surface area contributed by atoms with Crippen LogP contribution in [0.15, 0.2) is 0 Å². The van der Waals surface area contributed by atoms with Crippen molar-refractivity contribution in [1.82, 2.24) is 0 Å². The predicted octanol–water partition coefficient (Wildman–Crippen LogP) is 1.99. The van der Waals surface area contributed by atoms with Crippen molar-refractivity contribution in [2.45, 2.75) is 32.6 Å². The normalized spacial score (nSPS) is 31.5. The lowest BCUT2D eigenvalue weighted by Gasteiger charge is -2.25. The van der Waals surface area contributed by atoms with Gasteiger partial charge in [0.05, 0.1) is 13.0 Å². The molecule has 0 N–H and O–H groups in total. The molecule has 1 saturated carbocycles. The fraction of sp³-hybridized carbons (Fsp3) is 0.889. The molecule has 1 unspecified atom stereocenters. The molecule has 1 rings (SSSR count). The molecule has 1 fully saturated rings. The van der Waals surface area contributed by atoms with Gasteiger partial charge >= 0.3 is 5.97 Å². The third-order valence-electron chi connectivity index (χ3n) is 2.62. The largest absolute Gasteiger partial charge is 0.469 e. The van der Waals surface area contributed by atoms with Crippen LogP contribution in [0.1, 0.15) is 32.6 Å². The van der Waals surface area contributed by atoms with Crippen molar-refractivity contribution in [2.75, 3.05) is 7.11 Å². The van der Waals surface area contributed by atoms with Crippen LogP contribution >= 0.6 is 0 Å². The maximum absolute atomic E-state index is 11.2. The zero-order chi connectivity index (χ0) is 8.27. The lowest BCUT2D eigenvalue weighted by Crippen LogP contribution is -2.26. The molecule has 0 bridgehead atoms. The molecule has 2 heteroatoms. The van der Waals surface area contributed by atoms with Gasteiger partial charge in [-0.3, -0.25) is 4.79 Å². The van der Waals surface area contributed by atoms with Crippen molar-refractivity contribution in [3.63, 3.8) is 0 Å². The topological polar surface area (TPSA) is 26.3 Å². The highest BCUT2D eigenvalue weighted by atomic mass is 16.5. The number of ether oxygens (including phenoxy) is 1. The first kappa shape index (κ1) is 8.57. The quantitative estimate of drug-likeness (QED) is 0.543. The highest BCUT2D eigenvalue weighted by molar-refractivity contribution is 5.72. The summed E-state index contributed by atoms with van der Waals surface area (Å²) < 4.78 is 4.72. The van der Waals surface area contributed by atoms with Crippen molar-refractivity contribution in [3.8, 4) is 0 Å². The molecule has 1 aliphatic rings. The Labute approximate surface area is 67.9 Å². The average molecular weight is 156 g/mol. The Balaban J connectivity index is 2.47. The Bertz CT molecular complexity index is 142. The summed E-state index contributed by atoms with van der Waals surface area (Å²) in [7, 11) is 1.48. The van der Waals surface area contributed by atoms with E-state index in [-0.39, 0.29) is 11.9 Å². The van der Waals surface area contributed by atoms with E-state index in [9.17, 15) is 4.79 Å². The van der Waals surface area contributed by atoms with Gasteiger partial charge in [-0.15, -0.1) is 0 Å². The summed E-state index contributed by atoms with van der Waals surface area (Å²) in [5.41, 5.74) is 0. The monoisotopic (exact) mass is 156 g/mol. The SMILES string of the molecule is COC(=O)C1CCCC[C@@H]1C. The van der Waals surface area contributed by atoms with Crippen LogP contribution in [-0.2, 0) is 9.53 Å². The number of hydrogen-bond acceptors (Lipinski definition) is 2. The Hall–Kier alpha value is -0.530. The molecule has 2 atom stereocenters. The number of methoxy groups -OCH3 is 1. The van der Waals surface area contributed by atoms with Crippen LogP contribution in [0.5, 0.6) is 0 Å². The van der Waals surface area contributed by atoms with E-state index in [1.807, 2.05) is 0 Å². The second-order valence-corrected chi connectivity index (χ2v) is 3.39. The van der Waals surface area contributed by atoms with Gasteiger partial charge in [0.2, 0.25) is 0 Å². The third kappa shape index (κ3) is 1.95. The van der Waals surface area contributed by atoms with Gasteiger partial charge in [-0.05, 0) is 18.8 Å². The Morgan fingerprint density at radius 3 is 2.55 bits per heavy atom. The molecule has 64 valence electrons. The van der Waals surface area contributed by atoms with Crippen LogP contribution in [0.2, 0.25) is 0 Å². The summed E-state index contributed by atoms with van der Waals surface area (Å²) in [5, 5.41) is 0. The van der Waals surface area contributed by atoms with Gasteiger partial charge in [0.15, 0.2) is 0 Å². The van der Waals surface area contributed by atoms with Crippen molar-refractivity contribution in [2.24, 2.45) is 11.8 Å². The average Bonchev–Trinajstić information content (AvgIpc) is 2.04. The minimum absolute atomic E-state index is 0.0165. The maximum Gasteiger partial charge on any atom is 0.308 e. The molecule has 0 aromatic carbocycles. The zero-order valence-corrected chi connectivity index (χ0v) is 7.30. The molecule has 0 saturated heterocycles. The van der Waals surface area contributed by atoms with Crippen LogP contribution < -0.4 is 0 Å². The fourth-order valence-electron chi connectivity index (χ4n) is 1.82. The van der Waals surface area contributed by atoms with Crippen molar-refractivity contribution < 1.29 is 9.53 Å². The zero-order valence-electron chi connectivity index (χ0n) is 7.30. The van der Waals surface area contributed by atoms with Crippen LogP contribution in [0, 0.1) is 11.8 Å². The van der Waals surface area contributed by atoms with Crippen molar-refractivity contribution >= 4 is 5.97 Å². The van der Waals surface area contributed by atoms with E-state index in [0.29, 0.717) is 5.92 Å². The first-order valence-corrected chi connectivity index (χ1v) is 4.33. The summed E-state index contributed by atoms with van der Waals surface area (Å²) in [5.74, 6) is 0.683. The summed E-state index contributed by atoms with van der Waals surface area (Å²) in [6.45, 7) is 2.14. The molecule has 0 radical (unpaired) electrons. The highest BCUT2D eigenvalue weighted by Gasteiger charge is 2.27. The van der Waals surface area contributed by atoms with Gasteiger partial charge in [-0.2, -0.15) is 0 Å². The minimum Gasteiger partial charge on any atom is -0.469 e. The molecule has 2 nitrogen and oxygen atoms in total. The Kier molecular flexibility index (Phi) is 2.92. The lowest BCUT2D eigenvalue weighted by molar-refractivity contribution is -0.148. The summed E-state index contributed by atoms with van der Waals surface area (Å²) >= 11 is 0. The number of rotatable bonds is 1. The molecule has 1 aliphatic carbocycles. The number of carbonyl (C=O) groups is 1. The van der Waals surface area contributed by atoms with E-state index in [0.717, 1.165) is 6.42 Å². The molecule has 0 spiro atoms. The highest BCUT2D eigenvalue weighted by Crippen LogP contribution is 2.30. The van der Waals surface area contributed by atoms with Crippen molar-refractivity contribution in [1.29, 1.82) is 0 Å².